The van der Waals surface area contributed by atoms with Gasteiger partial charge in [0.2, 0.25) is 0 Å². The smallest absolute Gasteiger partial charge is 0.258 e. The predicted octanol–water partition coefficient (Wildman–Crippen LogP) is 11.1. The van der Waals surface area contributed by atoms with E-state index in [9.17, 15) is 0 Å². The van der Waals surface area contributed by atoms with E-state index in [0.717, 1.165) is 41.8 Å². The number of nitrogens with zero attached hydrogens (tertiary/aromatic N) is 1. The molecule has 1 saturated heterocycles. The number of fused-ring (bicyclic) bond motifs is 1. The second kappa shape index (κ2) is 14.6. The van der Waals surface area contributed by atoms with Crippen LogP contribution in [0.15, 0.2) is 66.7 Å². The average Bonchev–Trinajstić information content (AvgIpc) is 3.64. The maximum atomic E-state index is 6.98. The van der Waals surface area contributed by atoms with Gasteiger partial charge >= 0.3 is 0 Å². The van der Waals surface area contributed by atoms with Crippen molar-refractivity contribution >= 4 is 41.1 Å². The van der Waals surface area contributed by atoms with Gasteiger partial charge in [0.15, 0.2) is 0 Å². The molecule has 242 valence electrons. The summed E-state index contributed by atoms with van der Waals surface area (Å²) in [5.41, 5.74) is 4.90. The molecule has 0 aliphatic carbocycles. The number of thiophene rings is 1. The number of benzene rings is 3. The van der Waals surface area contributed by atoms with Gasteiger partial charge in [-0.15, -0.1) is 11.3 Å². The summed E-state index contributed by atoms with van der Waals surface area (Å²) in [4.78, 5) is 3.68. The Morgan fingerprint density at radius 3 is 1.96 bits per heavy atom. The van der Waals surface area contributed by atoms with Crippen LogP contribution in [-0.2, 0) is 0 Å². The van der Waals surface area contributed by atoms with E-state index >= 15 is 0 Å². The van der Waals surface area contributed by atoms with E-state index in [2.05, 4.69) is 132 Å². The molecule has 5 nitrogen and oxygen atoms in total. The van der Waals surface area contributed by atoms with Crippen LogP contribution in [0.25, 0.3) is 20.5 Å². The van der Waals surface area contributed by atoms with Crippen LogP contribution in [0.2, 0.25) is 16.6 Å². The predicted molar refractivity (Wildman–Crippen MR) is 196 cm³/mol. The van der Waals surface area contributed by atoms with E-state index in [1.165, 1.54) is 46.5 Å². The molecular weight excluding hydrogens is 593 g/mol. The molecule has 4 aromatic rings. The van der Waals surface area contributed by atoms with Gasteiger partial charge in [0, 0.05) is 22.3 Å². The topological polar surface area (TPSA) is 43.0 Å². The molecule has 3 aromatic carbocycles. The number of hydrogen-bond acceptors (Lipinski definition) is 6. The molecule has 1 aliphatic heterocycles. The summed E-state index contributed by atoms with van der Waals surface area (Å²) >= 11 is 1.79. The van der Waals surface area contributed by atoms with Gasteiger partial charge in [-0.2, -0.15) is 0 Å². The number of anilines is 2. The van der Waals surface area contributed by atoms with Crippen LogP contribution in [0.1, 0.15) is 68.2 Å². The summed E-state index contributed by atoms with van der Waals surface area (Å²) in [6.45, 7) is 22.2. The third-order valence-corrected chi connectivity index (χ3v) is 16.4. The summed E-state index contributed by atoms with van der Waals surface area (Å²) in [5, 5.41) is 4.94. The van der Waals surface area contributed by atoms with E-state index < -0.39 is 8.32 Å². The number of ether oxygens (including phenoxy) is 2. The van der Waals surface area contributed by atoms with Crippen LogP contribution in [-0.4, -0.2) is 45.6 Å². The minimum absolute atomic E-state index is 0.126. The van der Waals surface area contributed by atoms with Gasteiger partial charge in [-0.05, 0) is 129 Å². The third-order valence-electron chi connectivity index (χ3n) is 9.15. The van der Waals surface area contributed by atoms with Crippen molar-refractivity contribution in [1.82, 2.24) is 4.90 Å². The summed E-state index contributed by atoms with van der Waals surface area (Å²) in [6, 6.07) is 23.5. The Kier molecular flexibility index (Phi) is 10.8. The molecule has 0 saturated carbocycles. The second-order valence-corrected chi connectivity index (χ2v) is 20.0. The average molecular weight is 645 g/mol. The molecule has 0 spiro atoms. The molecule has 0 bridgehead atoms. The molecule has 1 fully saturated rings. The third kappa shape index (κ3) is 7.70. The van der Waals surface area contributed by atoms with E-state index in [-0.39, 0.29) is 6.10 Å². The maximum Gasteiger partial charge on any atom is 0.258 e. The van der Waals surface area contributed by atoms with E-state index in [0.29, 0.717) is 16.6 Å². The Balaban J connectivity index is 1.41. The lowest BCUT2D eigenvalue weighted by Gasteiger charge is -2.42. The fraction of sp³-hybridized carbons (Fsp3) is 0.474. The summed E-state index contributed by atoms with van der Waals surface area (Å²) in [6.07, 6.45) is 2.74. The van der Waals surface area contributed by atoms with Crippen molar-refractivity contribution in [2.45, 2.75) is 91.0 Å². The zero-order valence-corrected chi connectivity index (χ0v) is 30.3. The fourth-order valence-electron chi connectivity index (χ4n) is 7.06. The van der Waals surface area contributed by atoms with Crippen LogP contribution in [0.4, 0.5) is 11.4 Å². The fourth-order valence-corrected chi connectivity index (χ4v) is 13.5. The highest BCUT2D eigenvalue weighted by Gasteiger charge is 2.47. The molecule has 0 amide bonds. The second-order valence-electron chi connectivity index (χ2n) is 13.6. The normalized spacial score (nSPS) is 14.3. The molecule has 0 radical (unpaired) electrons. The van der Waals surface area contributed by atoms with Crippen molar-refractivity contribution in [3.05, 3.63) is 66.7 Å². The van der Waals surface area contributed by atoms with Crippen LogP contribution in [0.5, 0.6) is 17.2 Å². The molecule has 1 aliphatic rings. The highest BCUT2D eigenvalue weighted by Crippen LogP contribution is 2.47. The van der Waals surface area contributed by atoms with Gasteiger partial charge in [-0.25, -0.2) is 0 Å². The first-order valence-corrected chi connectivity index (χ1v) is 19.8. The molecule has 0 atom stereocenters. The molecule has 5 rings (SSSR count). The number of rotatable bonds is 14. The zero-order valence-electron chi connectivity index (χ0n) is 28.5. The molecule has 1 N–H and O–H groups in total. The lowest BCUT2D eigenvalue weighted by Crippen LogP contribution is -2.50. The van der Waals surface area contributed by atoms with Crippen LogP contribution in [0.3, 0.4) is 0 Å². The van der Waals surface area contributed by atoms with Gasteiger partial charge < -0.3 is 19.2 Å². The minimum atomic E-state index is -2.03. The standard InChI is InChI=1S/C38H52N2O3SSi/c1-26(2)42-34-19-20-35-36(25-34)44-38(30-11-15-33(16-12-30)43-45(27(3)4,28(5)6)29(7)8)37(35)39-31-13-17-32(18-14-31)41-24-23-40-21-9-10-22-40/h11-20,25-29,39H,9-10,21-24H2,1-8H3. The Morgan fingerprint density at radius 2 is 1.36 bits per heavy atom. The lowest BCUT2D eigenvalue weighted by molar-refractivity contribution is 0.238. The Hall–Kier alpha value is -3.00. The van der Waals surface area contributed by atoms with E-state index in [4.69, 9.17) is 13.9 Å². The largest absolute Gasteiger partial charge is 0.543 e. The Bertz CT molecular complexity index is 1500. The van der Waals surface area contributed by atoms with Crippen LogP contribution in [0, 0.1) is 0 Å². The van der Waals surface area contributed by atoms with Gasteiger partial charge in [0.1, 0.15) is 23.9 Å². The number of likely N-dealkylation sites (tertiary alicyclic amines) is 1. The molecule has 0 unspecified atom stereocenters. The van der Waals surface area contributed by atoms with Crippen molar-refractivity contribution in [2.24, 2.45) is 0 Å². The first-order valence-electron chi connectivity index (χ1n) is 16.8. The molecular formula is C38H52N2O3SSi. The number of nitrogens with one attached hydrogen (secondary N) is 1. The van der Waals surface area contributed by atoms with Crippen molar-refractivity contribution in [3.63, 3.8) is 0 Å². The number of hydrogen-bond donors (Lipinski definition) is 1. The minimum Gasteiger partial charge on any atom is -0.543 e. The van der Waals surface area contributed by atoms with Crippen molar-refractivity contribution in [1.29, 1.82) is 0 Å². The van der Waals surface area contributed by atoms with Gasteiger partial charge in [0.25, 0.3) is 8.32 Å². The molecule has 2 heterocycles. The summed E-state index contributed by atoms with van der Waals surface area (Å²) in [7, 11) is -2.03. The monoisotopic (exact) mass is 644 g/mol. The van der Waals surface area contributed by atoms with Crippen molar-refractivity contribution in [3.8, 4) is 27.7 Å². The van der Waals surface area contributed by atoms with Crippen molar-refractivity contribution in [2.75, 3.05) is 31.6 Å². The van der Waals surface area contributed by atoms with Gasteiger partial charge in [-0.1, -0.05) is 41.5 Å². The Labute approximate surface area is 276 Å². The zero-order chi connectivity index (χ0) is 32.1. The summed E-state index contributed by atoms with van der Waals surface area (Å²) < 4.78 is 20.3. The Morgan fingerprint density at radius 1 is 0.756 bits per heavy atom. The maximum absolute atomic E-state index is 6.98. The lowest BCUT2D eigenvalue weighted by atomic mass is 10.1. The van der Waals surface area contributed by atoms with Gasteiger partial charge in [0.05, 0.1) is 16.7 Å². The first-order chi connectivity index (χ1) is 21.6. The molecule has 7 heteroatoms. The highest BCUT2D eigenvalue weighted by atomic mass is 32.1. The SMILES string of the molecule is CC(C)Oc1ccc2c(Nc3ccc(OCCN4CCCC4)cc3)c(-c3ccc(O[Si](C(C)C)(C(C)C)C(C)C)cc3)sc2c1. The van der Waals surface area contributed by atoms with E-state index in [1.54, 1.807) is 11.3 Å². The summed E-state index contributed by atoms with van der Waals surface area (Å²) in [5.74, 6) is 2.78. The molecule has 45 heavy (non-hydrogen) atoms. The quantitative estimate of drug-likeness (QED) is 0.138. The highest BCUT2D eigenvalue weighted by molar-refractivity contribution is 7.23. The van der Waals surface area contributed by atoms with Crippen molar-refractivity contribution < 1.29 is 13.9 Å². The first kappa shape index (κ1) is 33.4. The van der Waals surface area contributed by atoms with E-state index in [1.807, 2.05) is 0 Å². The van der Waals surface area contributed by atoms with Gasteiger partial charge in [-0.3, -0.25) is 4.90 Å². The molecule has 1 aromatic heterocycles. The van der Waals surface area contributed by atoms with Crippen LogP contribution >= 0.6 is 11.3 Å². The van der Waals surface area contributed by atoms with Crippen LogP contribution < -0.4 is 19.2 Å².